The quantitative estimate of drug-likeness (QED) is 0.692. The minimum atomic E-state index is -4.43. The first-order valence-corrected chi connectivity index (χ1v) is 8.28. The highest BCUT2D eigenvalue weighted by atomic mass is 35.5. The Morgan fingerprint density at radius 3 is 2.50 bits per heavy atom. The highest BCUT2D eigenvalue weighted by molar-refractivity contribution is 6.36. The SMILES string of the molecule is O=C(NCCc1cn2cc(Cl)cc(Cl)c2n1)c1ccc(C(F)(F)F)cc1. The first-order valence-electron chi connectivity index (χ1n) is 7.52. The van der Waals surface area contributed by atoms with Crippen molar-refractivity contribution in [3.63, 3.8) is 0 Å². The Morgan fingerprint density at radius 1 is 1.15 bits per heavy atom. The van der Waals surface area contributed by atoms with Crippen LogP contribution in [0, 0.1) is 0 Å². The zero-order valence-corrected chi connectivity index (χ0v) is 14.7. The number of rotatable bonds is 4. The van der Waals surface area contributed by atoms with Crippen molar-refractivity contribution >= 4 is 34.8 Å². The number of hydrogen-bond acceptors (Lipinski definition) is 2. The maximum absolute atomic E-state index is 12.5. The van der Waals surface area contributed by atoms with Crippen LogP contribution in [0.5, 0.6) is 0 Å². The Kier molecular flexibility index (Phi) is 5.11. The number of halogens is 5. The van der Waals surface area contributed by atoms with Crippen LogP contribution in [0.25, 0.3) is 5.65 Å². The lowest BCUT2D eigenvalue weighted by molar-refractivity contribution is -0.137. The van der Waals surface area contributed by atoms with Gasteiger partial charge in [-0.05, 0) is 30.3 Å². The van der Waals surface area contributed by atoms with Crippen LogP contribution in [-0.2, 0) is 12.6 Å². The van der Waals surface area contributed by atoms with E-state index < -0.39 is 17.6 Å². The Balaban J connectivity index is 1.61. The summed E-state index contributed by atoms with van der Waals surface area (Å²) in [5.74, 6) is -0.455. The molecular weight excluding hydrogens is 390 g/mol. The predicted molar refractivity (Wildman–Crippen MR) is 92.7 cm³/mol. The molecule has 3 rings (SSSR count). The van der Waals surface area contributed by atoms with Gasteiger partial charge in [-0.2, -0.15) is 13.2 Å². The summed E-state index contributed by atoms with van der Waals surface area (Å²) in [6, 6.07) is 5.63. The minimum absolute atomic E-state index is 0.155. The van der Waals surface area contributed by atoms with E-state index in [2.05, 4.69) is 10.3 Å². The fourth-order valence-corrected chi connectivity index (χ4v) is 2.94. The average Bonchev–Trinajstić information content (AvgIpc) is 2.97. The Morgan fingerprint density at radius 2 is 1.85 bits per heavy atom. The van der Waals surface area contributed by atoms with Gasteiger partial charge < -0.3 is 9.72 Å². The third-order valence-corrected chi connectivity index (χ3v) is 4.15. The van der Waals surface area contributed by atoms with Crippen LogP contribution < -0.4 is 5.32 Å². The molecule has 3 aromatic rings. The molecule has 0 atom stereocenters. The number of aromatic nitrogens is 2. The number of alkyl halides is 3. The second kappa shape index (κ2) is 7.17. The van der Waals surface area contributed by atoms with Gasteiger partial charge in [0.25, 0.3) is 5.91 Å². The van der Waals surface area contributed by atoms with Gasteiger partial charge in [0.05, 0.1) is 21.3 Å². The fourth-order valence-electron chi connectivity index (χ4n) is 2.41. The van der Waals surface area contributed by atoms with Crippen LogP contribution >= 0.6 is 23.2 Å². The molecule has 0 bridgehead atoms. The molecule has 4 nitrogen and oxygen atoms in total. The Bertz CT molecular complexity index is 952. The normalized spacial score (nSPS) is 11.7. The van der Waals surface area contributed by atoms with E-state index in [0.717, 1.165) is 24.3 Å². The van der Waals surface area contributed by atoms with Crippen molar-refractivity contribution < 1.29 is 18.0 Å². The van der Waals surface area contributed by atoms with Gasteiger partial charge in [0.15, 0.2) is 5.65 Å². The van der Waals surface area contributed by atoms with E-state index in [0.29, 0.717) is 27.8 Å². The zero-order chi connectivity index (χ0) is 18.9. The molecule has 0 saturated carbocycles. The van der Waals surface area contributed by atoms with Crippen molar-refractivity contribution in [3.05, 3.63) is 69.6 Å². The number of amides is 1. The molecule has 136 valence electrons. The van der Waals surface area contributed by atoms with E-state index in [4.69, 9.17) is 23.2 Å². The smallest absolute Gasteiger partial charge is 0.352 e. The molecule has 0 unspecified atom stereocenters. The number of nitrogens with zero attached hydrogens (tertiary/aromatic N) is 2. The monoisotopic (exact) mass is 401 g/mol. The van der Waals surface area contributed by atoms with Crippen LogP contribution in [0.15, 0.2) is 42.7 Å². The van der Waals surface area contributed by atoms with Crippen LogP contribution in [0.3, 0.4) is 0 Å². The second-order valence-electron chi connectivity index (χ2n) is 5.55. The van der Waals surface area contributed by atoms with Crippen molar-refractivity contribution in [2.75, 3.05) is 6.54 Å². The van der Waals surface area contributed by atoms with Crippen molar-refractivity contribution in [2.24, 2.45) is 0 Å². The highest BCUT2D eigenvalue weighted by Crippen LogP contribution is 2.29. The van der Waals surface area contributed by atoms with Crippen molar-refractivity contribution in [3.8, 4) is 0 Å². The molecule has 26 heavy (non-hydrogen) atoms. The maximum Gasteiger partial charge on any atom is 0.416 e. The number of fused-ring (bicyclic) bond motifs is 1. The predicted octanol–water partition coefficient (Wildman–Crippen LogP) is 4.63. The Hall–Kier alpha value is -2.25. The summed E-state index contributed by atoms with van der Waals surface area (Å²) in [6.45, 7) is 0.273. The van der Waals surface area contributed by atoms with E-state index in [1.165, 1.54) is 0 Å². The van der Waals surface area contributed by atoms with Gasteiger partial charge in [0.1, 0.15) is 0 Å². The van der Waals surface area contributed by atoms with Crippen LogP contribution in [-0.4, -0.2) is 21.8 Å². The molecule has 2 heterocycles. The van der Waals surface area contributed by atoms with E-state index in [-0.39, 0.29) is 12.1 Å². The van der Waals surface area contributed by atoms with Crippen LogP contribution in [0.2, 0.25) is 10.0 Å². The summed E-state index contributed by atoms with van der Waals surface area (Å²) in [7, 11) is 0. The molecular formula is C17H12Cl2F3N3O. The van der Waals surface area contributed by atoms with Gasteiger partial charge in [0.2, 0.25) is 0 Å². The first kappa shape index (κ1) is 18.5. The molecule has 1 aromatic carbocycles. The van der Waals surface area contributed by atoms with Crippen molar-refractivity contribution in [1.82, 2.24) is 14.7 Å². The lowest BCUT2D eigenvalue weighted by Gasteiger charge is -2.08. The summed E-state index contributed by atoms with van der Waals surface area (Å²) >= 11 is 12.0. The number of carbonyl (C=O) groups excluding carboxylic acids is 1. The molecule has 0 saturated heterocycles. The summed E-state index contributed by atoms with van der Waals surface area (Å²) in [4.78, 5) is 16.4. The lowest BCUT2D eigenvalue weighted by Crippen LogP contribution is -2.25. The van der Waals surface area contributed by atoms with Gasteiger partial charge in [0, 0.05) is 30.9 Å². The third kappa shape index (κ3) is 4.11. The molecule has 0 aliphatic rings. The number of pyridine rings is 1. The lowest BCUT2D eigenvalue weighted by atomic mass is 10.1. The molecule has 0 aliphatic carbocycles. The maximum atomic E-state index is 12.5. The number of hydrogen-bond donors (Lipinski definition) is 1. The van der Waals surface area contributed by atoms with Gasteiger partial charge in [-0.15, -0.1) is 0 Å². The molecule has 0 spiro atoms. The number of benzene rings is 1. The summed E-state index contributed by atoms with van der Waals surface area (Å²) < 4.78 is 39.3. The average molecular weight is 402 g/mol. The molecule has 1 amide bonds. The molecule has 9 heteroatoms. The van der Waals surface area contributed by atoms with Crippen molar-refractivity contribution in [1.29, 1.82) is 0 Å². The van der Waals surface area contributed by atoms with E-state index in [1.54, 1.807) is 22.9 Å². The molecule has 0 radical (unpaired) electrons. The second-order valence-corrected chi connectivity index (χ2v) is 6.39. The van der Waals surface area contributed by atoms with Gasteiger partial charge in [-0.1, -0.05) is 23.2 Å². The zero-order valence-electron chi connectivity index (χ0n) is 13.1. The number of nitrogens with one attached hydrogen (secondary N) is 1. The topological polar surface area (TPSA) is 46.4 Å². The molecule has 2 aromatic heterocycles. The molecule has 0 aliphatic heterocycles. The summed E-state index contributed by atoms with van der Waals surface area (Å²) in [5.41, 5.74) is 0.610. The highest BCUT2D eigenvalue weighted by Gasteiger charge is 2.30. The number of carbonyl (C=O) groups is 1. The standard InChI is InChI=1S/C17H12Cl2F3N3O/c18-12-7-14(19)15-24-13(9-25(15)8-12)5-6-23-16(26)10-1-3-11(4-2-10)17(20,21)22/h1-4,7-9H,5-6H2,(H,23,26). The largest absolute Gasteiger partial charge is 0.416 e. The van der Waals surface area contributed by atoms with Gasteiger partial charge in [-0.25, -0.2) is 4.98 Å². The van der Waals surface area contributed by atoms with Crippen LogP contribution in [0.4, 0.5) is 13.2 Å². The number of imidazole rings is 1. The van der Waals surface area contributed by atoms with E-state index >= 15 is 0 Å². The fraction of sp³-hybridized carbons (Fsp3) is 0.176. The first-order chi connectivity index (χ1) is 12.2. The summed E-state index contributed by atoms with van der Waals surface area (Å²) in [5, 5.41) is 3.54. The molecule has 1 N–H and O–H groups in total. The minimum Gasteiger partial charge on any atom is -0.352 e. The third-order valence-electron chi connectivity index (χ3n) is 3.66. The van der Waals surface area contributed by atoms with Crippen molar-refractivity contribution in [2.45, 2.75) is 12.6 Å². The van der Waals surface area contributed by atoms with Gasteiger partial charge >= 0.3 is 6.18 Å². The summed E-state index contributed by atoms with van der Waals surface area (Å²) in [6.07, 6.45) is -0.582. The van der Waals surface area contributed by atoms with E-state index in [9.17, 15) is 18.0 Å². The Labute approximate surface area is 156 Å². The molecule has 0 fully saturated rings. The van der Waals surface area contributed by atoms with Gasteiger partial charge in [-0.3, -0.25) is 4.79 Å². The van der Waals surface area contributed by atoms with E-state index in [1.807, 2.05) is 0 Å². The van der Waals surface area contributed by atoms with Crippen LogP contribution in [0.1, 0.15) is 21.6 Å².